The van der Waals surface area contributed by atoms with Crippen LogP contribution < -0.4 is 0 Å². The van der Waals surface area contributed by atoms with Crippen LogP contribution in [0.4, 0.5) is 0 Å². The maximum Gasteiger partial charge on any atom is 0.316 e. The summed E-state index contributed by atoms with van der Waals surface area (Å²) in [7, 11) is 1.50. The number of hydrogen-bond donors (Lipinski definition) is 0. The van der Waals surface area contributed by atoms with Crippen molar-refractivity contribution in [2.24, 2.45) is 0 Å². The van der Waals surface area contributed by atoms with Crippen molar-refractivity contribution < 1.29 is 9.53 Å². The van der Waals surface area contributed by atoms with E-state index in [1.54, 1.807) is 0 Å². The fourth-order valence-corrected chi connectivity index (χ4v) is 4.00. The van der Waals surface area contributed by atoms with Crippen LogP contribution in [0, 0.1) is 6.92 Å². The van der Waals surface area contributed by atoms with Gasteiger partial charge < -0.3 is 9.30 Å². The number of carbonyl (C=O) groups is 1. The summed E-state index contributed by atoms with van der Waals surface area (Å²) in [5.74, 6) is -0.0655. The van der Waals surface area contributed by atoms with Gasteiger partial charge in [0.15, 0.2) is 0 Å². The molecule has 1 aromatic carbocycles. The van der Waals surface area contributed by atoms with Crippen LogP contribution in [0.2, 0.25) is 0 Å². The molecule has 3 nitrogen and oxygen atoms in total. The van der Waals surface area contributed by atoms with Crippen molar-refractivity contribution in [2.75, 3.05) is 7.11 Å². The number of methoxy groups -OCH3 is 1. The summed E-state index contributed by atoms with van der Waals surface area (Å²) < 4.78 is 7.49. The van der Waals surface area contributed by atoms with Gasteiger partial charge in [0.05, 0.1) is 18.0 Å². The number of aryl methyl sites for hydroxylation is 2. The fourth-order valence-electron chi connectivity index (χ4n) is 4.00. The van der Waals surface area contributed by atoms with Crippen molar-refractivity contribution in [3.63, 3.8) is 0 Å². The average Bonchev–Trinajstić information content (AvgIpc) is 3.22. The summed E-state index contributed by atoms with van der Waals surface area (Å²) in [6, 6.07) is 6.52. The SMILES string of the molecule is COC(=O)C1(c2c(C)n3c4c(cccc24)CCC3)CC1. The van der Waals surface area contributed by atoms with E-state index < -0.39 is 0 Å². The van der Waals surface area contributed by atoms with Gasteiger partial charge in [0.1, 0.15) is 0 Å². The van der Waals surface area contributed by atoms with Gasteiger partial charge in [0.25, 0.3) is 0 Å². The Balaban J connectivity index is 2.05. The highest BCUT2D eigenvalue weighted by molar-refractivity contribution is 5.97. The van der Waals surface area contributed by atoms with E-state index >= 15 is 0 Å². The second kappa shape index (κ2) is 3.87. The van der Waals surface area contributed by atoms with Gasteiger partial charge in [0, 0.05) is 17.6 Å². The van der Waals surface area contributed by atoms with E-state index in [1.165, 1.54) is 41.3 Å². The van der Waals surface area contributed by atoms with Crippen molar-refractivity contribution in [2.45, 2.75) is 44.6 Å². The topological polar surface area (TPSA) is 31.2 Å². The molecule has 0 N–H and O–H groups in total. The van der Waals surface area contributed by atoms with E-state index in [0.717, 1.165) is 25.8 Å². The van der Waals surface area contributed by atoms with Gasteiger partial charge in [-0.05, 0) is 43.7 Å². The molecule has 2 heterocycles. The number of aromatic nitrogens is 1. The number of rotatable bonds is 2. The zero-order valence-electron chi connectivity index (χ0n) is 12.0. The van der Waals surface area contributed by atoms with E-state index in [9.17, 15) is 4.79 Å². The summed E-state index contributed by atoms with van der Waals surface area (Å²) in [6.45, 7) is 3.23. The lowest BCUT2D eigenvalue weighted by atomic mass is 9.92. The van der Waals surface area contributed by atoms with E-state index in [2.05, 4.69) is 29.7 Å². The Morgan fingerprint density at radius 1 is 1.35 bits per heavy atom. The first-order valence-corrected chi connectivity index (χ1v) is 7.38. The lowest BCUT2D eigenvalue weighted by Crippen LogP contribution is -2.22. The number of ether oxygens (including phenoxy) is 1. The molecule has 2 aromatic rings. The van der Waals surface area contributed by atoms with Gasteiger partial charge in [-0.15, -0.1) is 0 Å². The van der Waals surface area contributed by atoms with Gasteiger partial charge in [0.2, 0.25) is 0 Å². The number of hydrogen-bond acceptors (Lipinski definition) is 2. The van der Waals surface area contributed by atoms with E-state index in [4.69, 9.17) is 4.74 Å². The van der Waals surface area contributed by atoms with Crippen molar-refractivity contribution in [3.8, 4) is 0 Å². The van der Waals surface area contributed by atoms with Crippen molar-refractivity contribution in [1.82, 2.24) is 4.57 Å². The van der Waals surface area contributed by atoms with Crippen LogP contribution in [0.1, 0.15) is 36.1 Å². The van der Waals surface area contributed by atoms with Gasteiger partial charge in [-0.1, -0.05) is 18.2 Å². The molecule has 0 amide bonds. The Labute approximate surface area is 118 Å². The smallest absolute Gasteiger partial charge is 0.316 e. The van der Waals surface area contributed by atoms with Crippen molar-refractivity contribution >= 4 is 16.9 Å². The molecule has 4 rings (SSSR count). The first-order valence-electron chi connectivity index (χ1n) is 7.38. The highest BCUT2D eigenvalue weighted by Gasteiger charge is 2.55. The molecule has 1 aliphatic carbocycles. The van der Waals surface area contributed by atoms with E-state index in [-0.39, 0.29) is 11.4 Å². The molecule has 0 spiro atoms. The number of benzene rings is 1. The third kappa shape index (κ3) is 1.33. The summed E-state index contributed by atoms with van der Waals surface area (Å²) in [5.41, 5.74) is 4.88. The lowest BCUT2D eigenvalue weighted by molar-refractivity contribution is -0.143. The maximum atomic E-state index is 12.3. The van der Waals surface area contributed by atoms with Gasteiger partial charge in [-0.25, -0.2) is 0 Å². The first-order chi connectivity index (χ1) is 9.69. The molecule has 2 aliphatic rings. The predicted octanol–water partition coefficient (Wildman–Crippen LogP) is 3.10. The average molecular weight is 269 g/mol. The standard InChI is InChI=1S/C17H19NO2/c1-11-14(17(8-9-17)16(19)20-2)13-7-3-5-12-6-4-10-18(11)15(12)13/h3,5,7H,4,6,8-10H2,1-2H3. The zero-order valence-corrected chi connectivity index (χ0v) is 12.0. The minimum atomic E-state index is -0.370. The Morgan fingerprint density at radius 3 is 2.85 bits per heavy atom. The monoisotopic (exact) mass is 269 g/mol. The first kappa shape index (κ1) is 12.0. The van der Waals surface area contributed by atoms with Gasteiger partial charge in [-0.2, -0.15) is 0 Å². The third-order valence-electron chi connectivity index (χ3n) is 5.06. The molecule has 104 valence electrons. The van der Waals surface area contributed by atoms with Crippen LogP contribution in [0.5, 0.6) is 0 Å². The largest absolute Gasteiger partial charge is 0.468 e. The predicted molar refractivity (Wildman–Crippen MR) is 77.9 cm³/mol. The highest BCUT2D eigenvalue weighted by atomic mass is 16.5. The van der Waals surface area contributed by atoms with Crippen molar-refractivity contribution in [1.29, 1.82) is 0 Å². The summed E-state index contributed by atoms with van der Waals surface area (Å²) >= 11 is 0. The summed E-state index contributed by atoms with van der Waals surface area (Å²) in [6.07, 6.45) is 4.17. The number of esters is 1. The van der Waals surface area contributed by atoms with Crippen LogP contribution in [0.3, 0.4) is 0 Å². The lowest BCUT2D eigenvalue weighted by Gasteiger charge is -2.17. The minimum Gasteiger partial charge on any atom is -0.468 e. The molecule has 1 aliphatic heterocycles. The molecule has 1 fully saturated rings. The summed E-state index contributed by atoms with van der Waals surface area (Å²) in [5, 5.41) is 1.27. The molecule has 3 heteroatoms. The molecule has 20 heavy (non-hydrogen) atoms. The molecule has 0 saturated heterocycles. The molecule has 1 aromatic heterocycles. The zero-order chi connectivity index (χ0) is 13.9. The Bertz CT molecular complexity index is 722. The van der Waals surface area contributed by atoms with Crippen LogP contribution in [0.15, 0.2) is 18.2 Å². The third-order valence-corrected chi connectivity index (χ3v) is 5.06. The van der Waals surface area contributed by atoms with Gasteiger partial charge in [-0.3, -0.25) is 4.79 Å². The van der Waals surface area contributed by atoms with E-state index in [0.29, 0.717) is 0 Å². The molecule has 0 bridgehead atoms. The Hall–Kier alpha value is -1.77. The van der Waals surface area contributed by atoms with Crippen LogP contribution in [-0.4, -0.2) is 17.6 Å². The molecule has 0 radical (unpaired) electrons. The van der Waals surface area contributed by atoms with Crippen LogP contribution in [-0.2, 0) is 27.9 Å². The normalized spacial score (nSPS) is 19.1. The molecular weight excluding hydrogens is 250 g/mol. The quantitative estimate of drug-likeness (QED) is 0.784. The Morgan fingerprint density at radius 2 is 2.15 bits per heavy atom. The van der Waals surface area contributed by atoms with Crippen LogP contribution >= 0.6 is 0 Å². The number of nitrogens with zero attached hydrogens (tertiary/aromatic N) is 1. The van der Waals surface area contributed by atoms with Crippen LogP contribution in [0.25, 0.3) is 10.9 Å². The molecule has 0 unspecified atom stereocenters. The fraction of sp³-hybridized carbons (Fsp3) is 0.471. The van der Waals surface area contributed by atoms with Crippen molar-refractivity contribution in [3.05, 3.63) is 35.0 Å². The highest BCUT2D eigenvalue weighted by Crippen LogP contribution is 2.53. The maximum absolute atomic E-state index is 12.3. The molecule has 0 atom stereocenters. The summed E-state index contributed by atoms with van der Waals surface area (Å²) in [4.78, 5) is 12.3. The molecule has 1 saturated carbocycles. The van der Waals surface area contributed by atoms with Gasteiger partial charge >= 0.3 is 5.97 Å². The number of para-hydroxylation sites is 1. The minimum absolute atomic E-state index is 0.0655. The molecular formula is C17H19NO2. The Kier molecular flexibility index (Phi) is 2.33. The second-order valence-corrected chi connectivity index (χ2v) is 6.10. The number of carbonyl (C=O) groups excluding carboxylic acids is 1. The second-order valence-electron chi connectivity index (χ2n) is 6.10. The van der Waals surface area contributed by atoms with E-state index in [1.807, 2.05) is 0 Å².